The second-order valence-corrected chi connectivity index (χ2v) is 8.84. The van der Waals surface area contributed by atoms with E-state index in [9.17, 15) is 14.0 Å². The van der Waals surface area contributed by atoms with Gasteiger partial charge in [0, 0.05) is 24.0 Å². The van der Waals surface area contributed by atoms with Gasteiger partial charge >= 0.3 is 0 Å². The first-order valence-electron chi connectivity index (χ1n) is 11.1. The lowest BCUT2D eigenvalue weighted by atomic mass is 10.1. The van der Waals surface area contributed by atoms with Crippen molar-refractivity contribution >= 4 is 34.5 Å². The third kappa shape index (κ3) is 4.47. The van der Waals surface area contributed by atoms with E-state index in [0.29, 0.717) is 28.3 Å². The van der Waals surface area contributed by atoms with Crippen molar-refractivity contribution < 1.29 is 14.0 Å². The van der Waals surface area contributed by atoms with Crippen LogP contribution in [0.25, 0.3) is 11.4 Å². The highest BCUT2D eigenvalue weighted by Gasteiger charge is 2.20. The van der Waals surface area contributed by atoms with Crippen molar-refractivity contribution in [1.82, 2.24) is 14.8 Å². The van der Waals surface area contributed by atoms with Crippen LogP contribution in [0, 0.1) is 5.82 Å². The molecule has 34 heavy (non-hydrogen) atoms. The SMILES string of the molecule is O=C(Nc1ccccc1C(=O)Nc1ccc(F)c(-c2nnc3n2CCCCC3)c1)c1ccsc1. The summed E-state index contributed by atoms with van der Waals surface area (Å²) in [5, 5.41) is 17.6. The molecule has 0 fully saturated rings. The first kappa shape index (κ1) is 22.0. The van der Waals surface area contributed by atoms with E-state index in [1.807, 2.05) is 9.95 Å². The molecular weight excluding hydrogens is 453 g/mol. The molecule has 0 saturated carbocycles. The summed E-state index contributed by atoms with van der Waals surface area (Å²) in [6, 6.07) is 12.9. The zero-order chi connectivity index (χ0) is 23.5. The highest BCUT2D eigenvalue weighted by molar-refractivity contribution is 7.08. The zero-order valence-corrected chi connectivity index (χ0v) is 19.1. The van der Waals surface area contributed by atoms with Gasteiger partial charge in [0.15, 0.2) is 5.82 Å². The topological polar surface area (TPSA) is 88.9 Å². The van der Waals surface area contributed by atoms with E-state index in [4.69, 9.17) is 0 Å². The van der Waals surface area contributed by atoms with Crippen molar-refractivity contribution in [2.45, 2.75) is 32.2 Å². The second-order valence-electron chi connectivity index (χ2n) is 8.06. The van der Waals surface area contributed by atoms with Gasteiger partial charge in [-0.1, -0.05) is 18.6 Å². The Kier molecular flexibility index (Phi) is 6.18. The number of hydrogen-bond donors (Lipinski definition) is 2. The minimum Gasteiger partial charge on any atom is -0.322 e. The smallest absolute Gasteiger partial charge is 0.257 e. The van der Waals surface area contributed by atoms with Crippen LogP contribution in [-0.4, -0.2) is 26.6 Å². The van der Waals surface area contributed by atoms with Crippen molar-refractivity contribution in [2.24, 2.45) is 0 Å². The molecule has 2 N–H and O–H groups in total. The van der Waals surface area contributed by atoms with Crippen molar-refractivity contribution in [3.63, 3.8) is 0 Å². The zero-order valence-electron chi connectivity index (χ0n) is 18.3. The van der Waals surface area contributed by atoms with E-state index in [-0.39, 0.29) is 11.5 Å². The van der Waals surface area contributed by atoms with Crippen LogP contribution < -0.4 is 10.6 Å². The maximum atomic E-state index is 14.8. The first-order chi connectivity index (χ1) is 16.6. The predicted octanol–water partition coefficient (Wildman–Crippen LogP) is 5.38. The van der Waals surface area contributed by atoms with E-state index in [2.05, 4.69) is 20.8 Å². The van der Waals surface area contributed by atoms with E-state index in [0.717, 1.165) is 38.1 Å². The lowest BCUT2D eigenvalue weighted by molar-refractivity contribution is 0.102. The van der Waals surface area contributed by atoms with Crippen LogP contribution in [0.15, 0.2) is 59.3 Å². The molecule has 0 radical (unpaired) electrons. The molecule has 0 bridgehead atoms. The maximum absolute atomic E-state index is 14.8. The van der Waals surface area contributed by atoms with Gasteiger partial charge in [0.25, 0.3) is 11.8 Å². The van der Waals surface area contributed by atoms with Crippen molar-refractivity contribution in [1.29, 1.82) is 0 Å². The molecule has 172 valence electrons. The number of amides is 2. The van der Waals surface area contributed by atoms with Crippen molar-refractivity contribution in [3.8, 4) is 11.4 Å². The Morgan fingerprint density at radius 2 is 1.85 bits per heavy atom. The molecule has 2 amide bonds. The monoisotopic (exact) mass is 475 g/mol. The van der Waals surface area contributed by atoms with E-state index in [1.165, 1.54) is 23.5 Å². The number of para-hydroxylation sites is 1. The Morgan fingerprint density at radius 3 is 2.71 bits per heavy atom. The minimum atomic E-state index is -0.430. The third-order valence-electron chi connectivity index (χ3n) is 5.78. The van der Waals surface area contributed by atoms with Gasteiger partial charge in [0.05, 0.1) is 22.4 Å². The molecule has 0 aliphatic carbocycles. The molecule has 9 heteroatoms. The van der Waals surface area contributed by atoms with Gasteiger partial charge in [-0.05, 0) is 54.6 Å². The number of thiophene rings is 1. The molecule has 0 saturated heterocycles. The van der Waals surface area contributed by atoms with Crippen LogP contribution in [0.5, 0.6) is 0 Å². The predicted molar refractivity (Wildman–Crippen MR) is 130 cm³/mol. The summed E-state index contributed by atoms with van der Waals surface area (Å²) < 4.78 is 16.7. The first-order valence-corrected chi connectivity index (χ1v) is 12.0. The number of hydrogen-bond acceptors (Lipinski definition) is 5. The molecule has 2 aromatic heterocycles. The molecule has 0 atom stereocenters. The van der Waals surface area contributed by atoms with Crippen LogP contribution in [-0.2, 0) is 13.0 Å². The van der Waals surface area contributed by atoms with Gasteiger partial charge in [-0.2, -0.15) is 11.3 Å². The van der Waals surface area contributed by atoms with Crippen molar-refractivity contribution in [3.05, 3.63) is 82.1 Å². The summed E-state index contributed by atoms with van der Waals surface area (Å²) in [7, 11) is 0. The number of carbonyl (C=O) groups excluding carboxylic acids is 2. The number of nitrogens with one attached hydrogen (secondary N) is 2. The van der Waals surface area contributed by atoms with Crippen molar-refractivity contribution in [2.75, 3.05) is 10.6 Å². The van der Waals surface area contributed by atoms with Gasteiger partial charge in [0.2, 0.25) is 0 Å². The number of halogens is 1. The average molecular weight is 476 g/mol. The number of benzene rings is 2. The van der Waals surface area contributed by atoms with E-state index in [1.54, 1.807) is 41.8 Å². The maximum Gasteiger partial charge on any atom is 0.257 e. The number of aryl methyl sites for hydroxylation is 1. The van der Waals surface area contributed by atoms with E-state index < -0.39 is 11.7 Å². The normalized spacial score (nSPS) is 13.1. The molecule has 3 heterocycles. The molecular formula is C25H22FN5O2S. The number of anilines is 2. The van der Waals surface area contributed by atoms with Crippen LogP contribution in [0.3, 0.4) is 0 Å². The summed E-state index contributed by atoms with van der Waals surface area (Å²) >= 11 is 1.42. The molecule has 1 aliphatic rings. The molecule has 0 spiro atoms. The summed E-state index contributed by atoms with van der Waals surface area (Å²) in [6.07, 6.45) is 3.95. The van der Waals surface area contributed by atoms with Gasteiger partial charge in [-0.25, -0.2) is 4.39 Å². The lowest BCUT2D eigenvalue weighted by Crippen LogP contribution is -2.18. The van der Waals surface area contributed by atoms with Gasteiger partial charge < -0.3 is 15.2 Å². The van der Waals surface area contributed by atoms with Crippen LogP contribution in [0.4, 0.5) is 15.8 Å². The Morgan fingerprint density at radius 1 is 0.971 bits per heavy atom. The highest BCUT2D eigenvalue weighted by atomic mass is 32.1. The average Bonchev–Trinajstić information content (AvgIpc) is 3.46. The largest absolute Gasteiger partial charge is 0.322 e. The van der Waals surface area contributed by atoms with Crippen LogP contribution in [0.2, 0.25) is 0 Å². The molecule has 5 rings (SSSR count). The Balaban J connectivity index is 1.40. The summed E-state index contributed by atoms with van der Waals surface area (Å²) in [5.74, 6) is 0.184. The number of carbonyl (C=O) groups is 2. The van der Waals surface area contributed by atoms with Crippen LogP contribution in [0.1, 0.15) is 45.8 Å². The highest BCUT2D eigenvalue weighted by Crippen LogP contribution is 2.28. The Labute approximate surface area is 199 Å². The standard InChI is InChI=1S/C25H22FN5O2S/c26-20-10-9-17(14-19(20)23-30-29-22-8-2-1-5-12-31(22)23)27-25(33)18-6-3-4-7-21(18)28-24(32)16-11-13-34-15-16/h3-4,6-7,9-11,13-15H,1-2,5,8,12H2,(H,27,33)(H,28,32). The van der Waals surface area contributed by atoms with Gasteiger partial charge in [-0.15, -0.1) is 10.2 Å². The molecule has 0 unspecified atom stereocenters. The second kappa shape index (κ2) is 9.56. The summed E-state index contributed by atoms with van der Waals surface area (Å²) in [4.78, 5) is 25.5. The minimum absolute atomic E-state index is 0.289. The quantitative estimate of drug-likeness (QED) is 0.406. The summed E-state index contributed by atoms with van der Waals surface area (Å²) in [5.41, 5.74) is 1.93. The number of rotatable bonds is 5. The Hall–Kier alpha value is -3.85. The number of fused-ring (bicyclic) bond motifs is 1. The number of nitrogens with zero attached hydrogens (tertiary/aromatic N) is 3. The van der Waals surface area contributed by atoms with Gasteiger partial charge in [0.1, 0.15) is 11.6 Å². The van der Waals surface area contributed by atoms with E-state index >= 15 is 0 Å². The molecule has 4 aromatic rings. The Bertz CT molecular complexity index is 1350. The fraction of sp³-hybridized carbons (Fsp3) is 0.200. The lowest BCUT2D eigenvalue weighted by Gasteiger charge is -2.13. The van der Waals surface area contributed by atoms with Crippen LogP contribution >= 0.6 is 11.3 Å². The fourth-order valence-corrected chi connectivity index (χ4v) is 4.67. The third-order valence-corrected chi connectivity index (χ3v) is 6.46. The van der Waals surface area contributed by atoms with Gasteiger partial charge in [-0.3, -0.25) is 9.59 Å². The molecule has 7 nitrogen and oxygen atoms in total. The number of aromatic nitrogens is 3. The summed E-state index contributed by atoms with van der Waals surface area (Å²) in [6.45, 7) is 0.741. The fourth-order valence-electron chi connectivity index (χ4n) is 4.04. The molecule has 1 aliphatic heterocycles. The molecule has 2 aromatic carbocycles.